The summed E-state index contributed by atoms with van der Waals surface area (Å²) in [5.41, 5.74) is 4.01. The lowest BCUT2D eigenvalue weighted by Gasteiger charge is -2.24. The third-order valence-electron chi connectivity index (χ3n) is 8.66. The largest absolute Gasteiger partial charge is 0.493 e. The van der Waals surface area contributed by atoms with Gasteiger partial charge in [-0.1, -0.05) is 38.5 Å². The van der Waals surface area contributed by atoms with E-state index in [1.807, 2.05) is 38.1 Å². The van der Waals surface area contributed by atoms with Gasteiger partial charge in [0.1, 0.15) is 6.04 Å². The Morgan fingerprint density at radius 2 is 1.75 bits per heavy atom. The highest BCUT2D eigenvalue weighted by Gasteiger charge is 2.31. The molecule has 3 atom stereocenters. The highest BCUT2D eigenvalue weighted by atomic mass is 16.5. The van der Waals surface area contributed by atoms with Crippen LogP contribution < -0.4 is 35.6 Å². The number of tetrazole rings is 1. The molecule has 1 aliphatic rings. The Morgan fingerprint density at radius 1 is 1.00 bits per heavy atom. The van der Waals surface area contributed by atoms with Crippen molar-refractivity contribution in [1.29, 1.82) is 0 Å². The molecule has 3 N–H and O–H groups in total. The Kier molecular flexibility index (Phi) is 10.3. The van der Waals surface area contributed by atoms with Crippen molar-refractivity contribution in [2.75, 3.05) is 32.0 Å². The minimum Gasteiger partial charge on any atom is -0.493 e. The lowest BCUT2D eigenvalue weighted by atomic mass is 9.95. The number of fused-ring (bicyclic) bond motifs is 3. The summed E-state index contributed by atoms with van der Waals surface area (Å²) in [6, 6.07) is 12.9. The molecule has 1 heterocycles. The van der Waals surface area contributed by atoms with E-state index >= 15 is 0 Å². The second kappa shape index (κ2) is 14.5. The number of aromatic nitrogens is 4. The number of aryl methyl sites for hydroxylation is 2. The van der Waals surface area contributed by atoms with Crippen LogP contribution >= 0.6 is 0 Å². The number of nitrogens with one attached hydrogen (secondary N) is 3. The number of hydrogen-bond donors (Lipinski definition) is 3. The fraction of sp³-hybridized carbons (Fsp3) is 0.371. The number of rotatable bonds is 11. The van der Waals surface area contributed by atoms with E-state index in [-0.39, 0.29) is 28.8 Å². The number of carbonyl (C=O) groups excluding carboxylic acids is 2. The van der Waals surface area contributed by atoms with Crippen LogP contribution in [-0.2, 0) is 23.1 Å². The minimum atomic E-state index is -0.773. The predicted molar refractivity (Wildman–Crippen MR) is 182 cm³/mol. The number of anilines is 2. The zero-order valence-electron chi connectivity index (χ0n) is 28.2. The number of ether oxygens (including phenoxy) is 3. The Balaban J connectivity index is 1.59. The molecule has 1 aliphatic carbocycles. The molecule has 48 heavy (non-hydrogen) atoms. The van der Waals surface area contributed by atoms with Gasteiger partial charge in [0.2, 0.25) is 28.8 Å². The quantitative estimate of drug-likeness (QED) is 0.210. The molecule has 1 aromatic heterocycles. The molecule has 0 spiro atoms. The van der Waals surface area contributed by atoms with Gasteiger partial charge >= 0.3 is 0 Å². The molecular formula is C35H41N7O6. The van der Waals surface area contributed by atoms with Crippen molar-refractivity contribution in [3.05, 3.63) is 69.9 Å². The molecule has 4 aromatic rings. The first-order chi connectivity index (χ1) is 23.1. The van der Waals surface area contributed by atoms with Crippen molar-refractivity contribution in [2.24, 2.45) is 13.0 Å². The molecular weight excluding hydrogens is 614 g/mol. The third-order valence-corrected chi connectivity index (χ3v) is 8.66. The van der Waals surface area contributed by atoms with Gasteiger partial charge in [0.25, 0.3) is 0 Å². The van der Waals surface area contributed by atoms with Gasteiger partial charge in [0, 0.05) is 18.1 Å². The average Bonchev–Trinajstić information content (AvgIpc) is 3.38. The van der Waals surface area contributed by atoms with Crippen molar-refractivity contribution < 1.29 is 23.8 Å². The normalized spacial score (nSPS) is 14.8. The van der Waals surface area contributed by atoms with E-state index in [1.165, 1.54) is 24.9 Å². The molecule has 3 unspecified atom stereocenters. The van der Waals surface area contributed by atoms with E-state index in [9.17, 15) is 14.4 Å². The van der Waals surface area contributed by atoms with Gasteiger partial charge in [-0.3, -0.25) is 14.4 Å². The zero-order chi connectivity index (χ0) is 34.5. The van der Waals surface area contributed by atoms with E-state index in [4.69, 9.17) is 14.2 Å². The summed E-state index contributed by atoms with van der Waals surface area (Å²) in [7, 11) is 6.32. The van der Waals surface area contributed by atoms with Crippen LogP contribution in [0.15, 0.2) is 53.3 Å². The minimum absolute atomic E-state index is 0.154. The second-order valence-corrected chi connectivity index (χ2v) is 11.7. The van der Waals surface area contributed by atoms with Gasteiger partial charge in [-0.15, -0.1) is 10.2 Å². The van der Waals surface area contributed by atoms with Gasteiger partial charge < -0.3 is 30.2 Å². The van der Waals surface area contributed by atoms with E-state index in [0.29, 0.717) is 64.7 Å². The molecule has 0 fully saturated rings. The highest BCUT2D eigenvalue weighted by molar-refractivity contribution is 5.99. The van der Waals surface area contributed by atoms with E-state index in [2.05, 4.69) is 31.4 Å². The van der Waals surface area contributed by atoms with Crippen molar-refractivity contribution in [2.45, 2.75) is 52.1 Å². The number of para-hydroxylation sites is 1. The summed E-state index contributed by atoms with van der Waals surface area (Å²) >= 11 is 0. The number of benzene rings is 2. The summed E-state index contributed by atoms with van der Waals surface area (Å²) in [5.74, 6) is 1.06. The molecule has 13 nitrogen and oxygen atoms in total. The monoisotopic (exact) mass is 655 g/mol. The van der Waals surface area contributed by atoms with Gasteiger partial charge in [0.05, 0.1) is 45.8 Å². The average molecular weight is 656 g/mol. The SMILES string of the molecule is CCC(C)C(Nc1ccc2c(cc1=O)C(NC(C)=O)CCc1cc(OC)c(OC)c(OC)c1-2)C(=O)Nc1ccccc1-c1nnn(C)n1. The van der Waals surface area contributed by atoms with Crippen LogP contribution in [0.5, 0.6) is 17.2 Å². The molecule has 5 rings (SSSR count). The third kappa shape index (κ3) is 6.80. The Hall–Kier alpha value is -5.46. The molecule has 0 radical (unpaired) electrons. The number of nitrogens with zero attached hydrogens (tertiary/aromatic N) is 4. The summed E-state index contributed by atoms with van der Waals surface area (Å²) in [5, 5.41) is 21.6. The maximum Gasteiger partial charge on any atom is 0.247 e. The van der Waals surface area contributed by atoms with Crippen LogP contribution in [-0.4, -0.2) is 59.4 Å². The molecule has 3 aromatic carbocycles. The summed E-state index contributed by atoms with van der Waals surface area (Å²) in [4.78, 5) is 41.6. The first-order valence-electron chi connectivity index (χ1n) is 15.8. The van der Waals surface area contributed by atoms with Gasteiger partial charge in [-0.25, -0.2) is 0 Å². The molecule has 2 amide bonds. The van der Waals surface area contributed by atoms with Gasteiger partial charge in [-0.05, 0) is 71.0 Å². The fourth-order valence-electron chi connectivity index (χ4n) is 6.09. The van der Waals surface area contributed by atoms with Crippen LogP contribution in [0.25, 0.3) is 22.5 Å². The molecule has 13 heteroatoms. The predicted octanol–water partition coefficient (Wildman–Crippen LogP) is 4.52. The number of amides is 2. The lowest BCUT2D eigenvalue weighted by Crippen LogP contribution is -2.40. The van der Waals surface area contributed by atoms with Crippen LogP contribution in [0.1, 0.15) is 50.8 Å². The van der Waals surface area contributed by atoms with Crippen LogP contribution in [0, 0.1) is 5.92 Å². The van der Waals surface area contributed by atoms with E-state index in [0.717, 1.165) is 11.1 Å². The topological polar surface area (TPSA) is 159 Å². The van der Waals surface area contributed by atoms with Crippen molar-refractivity contribution in [1.82, 2.24) is 25.5 Å². The van der Waals surface area contributed by atoms with Crippen molar-refractivity contribution >= 4 is 23.2 Å². The van der Waals surface area contributed by atoms with Crippen LogP contribution in [0.4, 0.5) is 11.4 Å². The van der Waals surface area contributed by atoms with E-state index < -0.39 is 12.1 Å². The van der Waals surface area contributed by atoms with Crippen LogP contribution in [0.2, 0.25) is 0 Å². The standard InChI is InChI=1S/C35H41N7O6/c1-8-19(2)31(35(45)38-25-12-10-9-11-23(25)34-39-41-42(4)40-34)37-27-16-14-22-24(18-28(27)44)26(36-20(3)43)15-13-21-17-29(46-5)32(47-6)33(48-7)30(21)22/h9-12,14,16-19,26,31H,8,13,15H2,1-7H3,(H,36,43)(H,37,44)(H,38,45). The lowest BCUT2D eigenvalue weighted by molar-refractivity contribution is -0.120. The second-order valence-electron chi connectivity index (χ2n) is 11.7. The molecule has 0 saturated carbocycles. The van der Waals surface area contributed by atoms with E-state index in [1.54, 1.807) is 39.5 Å². The fourth-order valence-corrected chi connectivity index (χ4v) is 6.09. The first-order valence-corrected chi connectivity index (χ1v) is 15.8. The number of hydrogen-bond acceptors (Lipinski definition) is 10. The van der Waals surface area contributed by atoms with Crippen molar-refractivity contribution in [3.63, 3.8) is 0 Å². The molecule has 0 bridgehead atoms. The van der Waals surface area contributed by atoms with Gasteiger partial charge in [0.15, 0.2) is 11.5 Å². The maximum atomic E-state index is 14.0. The van der Waals surface area contributed by atoms with Crippen molar-refractivity contribution in [3.8, 4) is 39.8 Å². The Labute approximate surface area is 279 Å². The first kappa shape index (κ1) is 33.9. The molecule has 252 valence electrons. The number of carbonyl (C=O) groups is 2. The van der Waals surface area contributed by atoms with Crippen LogP contribution in [0.3, 0.4) is 0 Å². The zero-order valence-corrected chi connectivity index (χ0v) is 28.2. The summed E-state index contributed by atoms with van der Waals surface area (Å²) < 4.78 is 17.2. The maximum absolute atomic E-state index is 14.0. The Bertz CT molecular complexity index is 1890. The number of methoxy groups -OCH3 is 3. The highest BCUT2D eigenvalue weighted by Crippen LogP contribution is 2.50. The van der Waals surface area contributed by atoms with Gasteiger partial charge in [-0.2, -0.15) is 4.80 Å². The Morgan fingerprint density at radius 3 is 2.40 bits per heavy atom. The smallest absolute Gasteiger partial charge is 0.247 e. The molecule has 0 saturated heterocycles. The summed E-state index contributed by atoms with van der Waals surface area (Å²) in [6.07, 6.45) is 1.78. The summed E-state index contributed by atoms with van der Waals surface area (Å²) in [6.45, 7) is 5.38. The molecule has 0 aliphatic heterocycles.